The second-order valence-corrected chi connectivity index (χ2v) is 10.2. The summed E-state index contributed by atoms with van der Waals surface area (Å²) >= 11 is 0. The number of nitrogens with one attached hydrogen (secondary N) is 1. The molecule has 0 saturated carbocycles. The lowest BCUT2D eigenvalue weighted by atomic mass is 9.76. The summed E-state index contributed by atoms with van der Waals surface area (Å²) in [5.41, 5.74) is 8.88. The van der Waals surface area contributed by atoms with Gasteiger partial charge in [0.15, 0.2) is 0 Å². The van der Waals surface area contributed by atoms with Crippen LogP contribution in [0, 0.1) is 5.41 Å². The van der Waals surface area contributed by atoms with Crippen molar-refractivity contribution in [1.29, 1.82) is 0 Å². The zero-order valence-corrected chi connectivity index (χ0v) is 21.0. The zero-order chi connectivity index (χ0) is 24.6. The van der Waals surface area contributed by atoms with E-state index in [0.29, 0.717) is 18.4 Å². The molecule has 4 heteroatoms. The van der Waals surface area contributed by atoms with Crippen LogP contribution in [0.3, 0.4) is 0 Å². The topological polar surface area (TPSA) is 37.4 Å². The van der Waals surface area contributed by atoms with Crippen molar-refractivity contribution in [3.63, 3.8) is 0 Å². The van der Waals surface area contributed by atoms with Crippen molar-refractivity contribution in [2.75, 3.05) is 11.9 Å². The van der Waals surface area contributed by atoms with Gasteiger partial charge in [-0.3, -0.25) is 0 Å². The number of nitrogens with zero attached hydrogens (tertiary/aromatic N) is 2. The van der Waals surface area contributed by atoms with Crippen LogP contribution in [0.15, 0.2) is 91.1 Å². The predicted octanol–water partition coefficient (Wildman–Crippen LogP) is 7.31. The van der Waals surface area contributed by atoms with Gasteiger partial charge in [0.25, 0.3) is 0 Å². The zero-order valence-electron chi connectivity index (χ0n) is 21.0. The van der Waals surface area contributed by atoms with Gasteiger partial charge in [0.05, 0.1) is 6.61 Å². The van der Waals surface area contributed by atoms with E-state index in [1.807, 2.05) is 26.1 Å². The number of fused-ring (bicyclic) bond motifs is 3. The summed E-state index contributed by atoms with van der Waals surface area (Å²) < 4.78 is 5.72. The van der Waals surface area contributed by atoms with E-state index in [1.165, 1.54) is 22.4 Å². The Morgan fingerprint density at radius 1 is 1.18 bits per heavy atom. The Bertz CT molecular complexity index is 1210. The highest BCUT2D eigenvalue weighted by Gasteiger charge is 2.38. The highest BCUT2D eigenvalue weighted by molar-refractivity contribution is 5.79. The standard InChI is InChI=1S/C30H35N3O/c1-9-34-21(5)26-18-33-27(14-20(26)4)25-12-10-22(15-24(25)16-28(33)30(6,7)8)23-11-13-29(31-17-23)32-19(2)3/h10-15,17-18,28H,2,4-5,9,16H2,1,3,6-8H3,(H,31,32). The lowest BCUT2D eigenvalue weighted by Crippen LogP contribution is -2.45. The van der Waals surface area contributed by atoms with E-state index in [4.69, 9.17) is 4.74 Å². The molecule has 1 N–H and O–H groups in total. The molecular weight excluding hydrogens is 418 g/mol. The number of hydrogen-bond donors (Lipinski definition) is 1. The average molecular weight is 454 g/mol. The van der Waals surface area contributed by atoms with Crippen LogP contribution in [0.1, 0.15) is 45.7 Å². The summed E-state index contributed by atoms with van der Waals surface area (Å²) in [5, 5.41) is 3.16. The van der Waals surface area contributed by atoms with Crippen molar-refractivity contribution in [2.45, 2.75) is 47.1 Å². The average Bonchev–Trinajstić information content (AvgIpc) is 2.77. The highest BCUT2D eigenvalue weighted by atomic mass is 16.5. The molecule has 0 radical (unpaired) electrons. The van der Waals surface area contributed by atoms with Crippen LogP contribution in [0.5, 0.6) is 0 Å². The molecule has 34 heavy (non-hydrogen) atoms. The summed E-state index contributed by atoms with van der Waals surface area (Å²) in [6.07, 6.45) is 7.22. The molecule has 1 aromatic carbocycles. The first-order valence-electron chi connectivity index (χ1n) is 11.8. The van der Waals surface area contributed by atoms with Crippen LogP contribution in [0.25, 0.3) is 16.8 Å². The van der Waals surface area contributed by atoms with Crippen molar-refractivity contribution in [3.8, 4) is 11.1 Å². The largest absolute Gasteiger partial charge is 0.494 e. The molecule has 0 aliphatic carbocycles. The van der Waals surface area contributed by atoms with E-state index in [0.717, 1.165) is 34.6 Å². The van der Waals surface area contributed by atoms with Gasteiger partial charge in [0.1, 0.15) is 11.6 Å². The summed E-state index contributed by atoms with van der Waals surface area (Å²) in [6, 6.07) is 11.1. The molecule has 0 spiro atoms. The third kappa shape index (κ3) is 4.58. The number of benzene rings is 1. The fraction of sp³-hybridized carbons (Fsp3) is 0.300. The molecule has 0 saturated heterocycles. The Balaban J connectivity index is 1.73. The Labute approximate surface area is 204 Å². The van der Waals surface area contributed by atoms with Gasteiger partial charge in [-0.2, -0.15) is 0 Å². The summed E-state index contributed by atoms with van der Waals surface area (Å²) in [7, 11) is 0. The van der Waals surface area contributed by atoms with Crippen LogP contribution in [-0.4, -0.2) is 22.5 Å². The Kier molecular flexibility index (Phi) is 6.26. The number of allylic oxidation sites excluding steroid dienone is 3. The van der Waals surface area contributed by atoms with Crippen LogP contribution >= 0.6 is 0 Å². The van der Waals surface area contributed by atoms with Crippen molar-refractivity contribution in [1.82, 2.24) is 9.88 Å². The molecule has 0 fully saturated rings. The van der Waals surface area contributed by atoms with Crippen molar-refractivity contribution in [3.05, 3.63) is 102 Å². The summed E-state index contributed by atoms with van der Waals surface area (Å²) in [6.45, 7) is 23.7. The van der Waals surface area contributed by atoms with E-state index in [2.05, 4.69) is 92.3 Å². The van der Waals surface area contributed by atoms with Gasteiger partial charge in [-0.25, -0.2) is 4.98 Å². The molecule has 1 atom stereocenters. The molecule has 1 aromatic heterocycles. The SMILES string of the molecule is C=C(C)Nc1ccc(-c2ccc3c(c2)CC(C(C)(C)C)N2C=C(C(=C)OCC)C(=C)C=C32)cn1. The number of ether oxygens (including phenoxy) is 1. The molecule has 1 unspecified atom stereocenters. The molecule has 4 nitrogen and oxygen atoms in total. The minimum Gasteiger partial charge on any atom is -0.494 e. The van der Waals surface area contributed by atoms with Gasteiger partial charge in [-0.15, -0.1) is 0 Å². The van der Waals surface area contributed by atoms with Gasteiger partial charge in [0.2, 0.25) is 0 Å². The van der Waals surface area contributed by atoms with Gasteiger partial charge in [-0.05, 0) is 60.6 Å². The maximum Gasteiger partial charge on any atom is 0.130 e. The second kappa shape index (κ2) is 9.02. The Morgan fingerprint density at radius 3 is 2.53 bits per heavy atom. The quantitative estimate of drug-likeness (QED) is 0.465. The second-order valence-electron chi connectivity index (χ2n) is 10.2. The minimum atomic E-state index is 0.0669. The maximum absolute atomic E-state index is 5.72. The summed E-state index contributed by atoms with van der Waals surface area (Å²) in [4.78, 5) is 6.94. The third-order valence-corrected chi connectivity index (χ3v) is 6.39. The number of pyridine rings is 1. The molecule has 2 aliphatic heterocycles. The maximum atomic E-state index is 5.72. The lowest BCUT2D eigenvalue weighted by Gasteiger charge is -2.47. The van der Waals surface area contributed by atoms with Gasteiger partial charge in [0, 0.05) is 46.5 Å². The fourth-order valence-electron chi connectivity index (χ4n) is 4.67. The number of aromatic nitrogens is 1. The monoisotopic (exact) mass is 453 g/mol. The lowest BCUT2D eigenvalue weighted by molar-refractivity contribution is 0.187. The molecule has 4 rings (SSSR count). The van der Waals surface area contributed by atoms with Gasteiger partial charge < -0.3 is 15.0 Å². The molecule has 0 amide bonds. The smallest absolute Gasteiger partial charge is 0.130 e. The predicted molar refractivity (Wildman–Crippen MR) is 143 cm³/mol. The van der Waals surface area contributed by atoms with Crippen molar-refractivity contribution < 1.29 is 4.74 Å². The Morgan fingerprint density at radius 2 is 1.91 bits per heavy atom. The van der Waals surface area contributed by atoms with E-state index in [-0.39, 0.29) is 5.41 Å². The van der Waals surface area contributed by atoms with Crippen LogP contribution < -0.4 is 5.32 Å². The normalized spacial score (nSPS) is 17.3. The minimum absolute atomic E-state index is 0.0669. The molecule has 176 valence electrons. The van der Waals surface area contributed by atoms with Crippen LogP contribution in [0.4, 0.5) is 5.82 Å². The number of rotatable bonds is 6. The molecular formula is C30H35N3O. The van der Waals surface area contributed by atoms with Crippen LogP contribution in [0.2, 0.25) is 0 Å². The van der Waals surface area contributed by atoms with Crippen molar-refractivity contribution >= 4 is 11.5 Å². The number of hydrogen-bond acceptors (Lipinski definition) is 4. The first-order chi connectivity index (χ1) is 16.1. The van der Waals surface area contributed by atoms with Gasteiger partial charge >= 0.3 is 0 Å². The van der Waals surface area contributed by atoms with E-state index >= 15 is 0 Å². The molecule has 0 bridgehead atoms. The molecule has 2 aromatic rings. The first kappa shape index (κ1) is 23.6. The van der Waals surface area contributed by atoms with E-state index < -0.39 is 0 Å². The molecule has 3 heterocycles. The molecule has 2 aliphatic rings. The first-order valence-corrected chi connectivity index (χ1v) is 11.8. The summed E-state index contributed by atoms with van der Waals surface area (Å²) in [5.74, 6) is 1.48. The van der Waals surface area contributed by atoms with E-state index in [9.17, 15) is 0 Å². The highest BCUT2D eigenvalue weighted by Crippen LogP contribution is 2.44. The third-order valence-electron chi connectivity index (χ3n) is 6.39. The van der Waals surface area contributed by atoms with Gasteiger partial charge in [-0.1, -0.05) is 58.7 Å². The van der Waals surface area contributed by atoms with Crippen molar-refractivity contribution in [2.24, 2.45) is 5.41 Å². The fourth-order valence-corrected chi connectivity index (χ4v) is 4.67. The van der Waals surface area contributed by atoms with E-state index in [1.54, 1.807) is 0 Å². The Hall–Kier alpha value is -3.53. The number of anilines is 1. The van der Waals surface area contributed by atoms with Crippen LogP contribution in [-0.2, 0) is 11.2 Å².